The fourth-order valence-electron chi connectivity index (χ4n) is 1.74. The third-order valence-corrected chi connectivity index (χ3v) is 2.61. The Balaban J connectivity index is 3.12. The number of carbonyl (C=O) groups excluding carboxylic acids is 1. The summed E-state index contributed by atoms with van der Waals surface area (Å²) in [6.45, 7) is 8.59. The molecule has 0 saturated carbocycles. The average molecular weight is 264 g/mol. The van der Waals surface area contributed by atoms with Crippen LogP contribution in [-0.4, -0.2) is 26.3 Å². The Labute approximate surface area is 114 Å². The van der Waals surface area contributed by atoms with Gasteiger partial charge in [0.25, 0.3) is 0 Å². The zero-order chi connectivity index (χ0) is 14.3. The van der Waals surface area contributed by atoms with Crippen molar-refractivity contribution in [2.45, 2.75) is 20.1 Å². The number of hydrogen-bond acceptors (Lipinski definition) is 4. The highest BCUT2D eigenvalue weighted by atomic mass is 16.7. The van der Waals surface area contributed by atoms with Crippen molar-refractivity contribution in [2.24, 2.45) is 0 Å². The van der Waals surface area contributed by atoms with Crippen molar-refractivity contribution in [1.82, 2.24) is 0 Å². The quantitative estimate of drug-likeness (QED) is 0.431. The number of carbonyl (C=O) groups is 1. The first-order valence-electron chi connectivity index (χ1n) is 6.25. The Morgan fingerprint density at radius 2 is 1.79 bits per heavy atom. The topological polar surface area (TPSA) is 44.8 Å². The van der Waals surface area contributed by atoms with E-state index < -0.39 is 12.3 Å². The second-order valence-electron chi connectivity index (χ2n) is 3.80. The molecule has 0 aliphatic carbocycles. The van der Waals surface area contributed by atoms with E-state index in [1.54, 1.807) is 6.07 Å². The number of hydrogen-bond donors (Lipinski definition) is 0. The lowest BCUT2D eigenvalue weighted by atomic mass is 10.0. The highest BCUT2D eigenvalue weighted by Gasteiger charge is 2.20. The first-order chi connectivity index (χ1) is 9.15. The van der Waals surface area contributed by atoms with Gasteiger partial charge in [0, 0.05) is 18.8 Å². The fourth-order valence-corrected chi connectivity index (χ4v) is 1.74. The minimum absolute atomic E-state index is 0.294. The molecule has 0 aromatic heterocycles. The second kappa shape index (κ2) is 7.71. The SMILES string of the molecule is C=C(C(=O)OC)c1ccccc1C(OCC)OCC. The van der Waals surface area contributed by atoms with Crippen LogP contribution >= 0.6 is 0 Å². The molecule has 1 aromatic carbocycles. The van der Waals surface area contributed by atoms with Crippen molar-refractivity contribution in [1.29, 1.82) is 0 Å². The summed E-state index contributed by atoms with van der Waals surface area (Å²) in [6, 6.07) is 7.37. The zero-order valence-corrected chi connectivity index (χ0v) is 11.6. The Hall–Kier alpha value is -1.65. The molecular formula is C15H20O4. The van der Waals surface area contributed by atoms with Gasteiger partial charge in [-0.25, -0.2) is 4.79 Å². The lowest BCUT2D eigenvalue weighted by molar-refractivity contribution is -0.140. The monoisotopic (exact) mass is 264 g/mol. The highest BCUT2D eigenvalue weighted by Crippen LogP contribution is 2.27. The van der Waals surface area contributed by atoms with Gasteiger partial charge in [-0.3, -0.25) is 0 Å². The summed E-state index contributed by atoms with van der Waals surface area (Å²) in [5, 5.41) is 0. The molecule has 0 saturated heterocycles. The van der Waals surface area contributed by atoms with E-state index >= 15 is 0 Å². The maximum absolute atomic E-state index is 11.6. The van der Waals surface area contributed by atoms with Crippen LogP contribution in [0.5, 0.6) is 0 Å². The molecule has 4 nitrogen and oxygen atoms in total. The summed E-state index contributed by atoms with van der Waals surface area (Å²) < 4.78 is 15.8. The molecule has 1 aromatic rings. The molecule has 0 fully saturated rings. The molecule has 19 heavy (non-hydrogen) atoms. The summed E-state index contributed by atoms with van der Waals surface area (Å²) in [4.78, 5) is 11.6. The number of benzene rings is 1. The van der Waals surface area contributed by atoms with Gasteiger partial charge in [-0.05, 0) is 19.4 Å². The smallest absolute Gasteiger partial charge is 0.337 e. The van der Waals surface area contributed by atoms with E-state index in [9.17, 15) is 4.79 Å². The molecule has 0 N–H and O–H groups in total. The summed E-state index contributed by atoms with van der Waals surface area (Å²) in [5.74, 6) is -0.459. The van der Waals surface area contributed by atoms with E-state index in [1.807, 2.05) is 32.0 Å². The molecule has 4 heteroatoms. The van der Waals surface area contributed by atoms with E-state index in [4.69, 9.17) is 14.2 Å². The molecule has 0 aliphatic heterocycles. The van der Waals surface area contributed by atoms with Gasteiger partial charge in [-0.15, -0.1) is 0 Å². The van der Waals surface area contributed by atoms with Crippen molar-refractivity contribution in [3.63, 3.8) is 0 Å². The lowest BCUT2D eigenvalue weighted by Gasteiger charge is -2.20. The molecule has 0 unspecified atom stereocenters. The van der Waals surface area contributed by atoms with E-state index in [0.717, 1.165) is 5.56 Å². The van der Waals surface area contributed by atoms with Crippen LogP contribution in [0.15, 0.2) is 30.8 Å². The number of methoxy groups -OCH3 is 1. The minimum atomic E-state index is -0.507. The molecule has 0 spiro atoms. The van der Waals surface area contributed by atoms with Crippen molar-refractivity contribution in [2.75, 3.05) is 20.3 Å². The normalized spacial score (nSPS) is 10.5. The standard InChI is InChI=1S/C15H20O4/c1-5-18-15(19-6-2)13-10-8-7-9-12(13)11(3)14(16)17-4/h7-10,15H,3,5-6H2,1-2,4H3. The van der Waals surface area contributed by atoms with Crippen LogP contribution in [0.2, 0.25) is 0 Å². The molecular weight excluding hydrogens is 244 g/mol. The first-order valence-corrected chi connectivity index (χ1v) is 6.25. The van der Waals surface area contributed by atoms with E-state index in [1.165, 1.54) is 7.11 Å². The number of ether oxygens (including phenoxy) is 3. The molecule has 0 bridgehead atoms. The molecule has 0 amide bonds. The maximum atomic E-state index is 11.6. The first kappa shape index (κ1) is 15.4. The number of esters is 1. The molecule has 0 heterocycles. The Kier molecular flexibility index (Phi) is 6.25. The van der Waals surface area contributed by atoms with Gasteiger partial charge in [0.15, 0.2) is 6.29 Å². The Bertz CT molecular complexity index is 434. The van der Waals surface area contributed by atoms with Crippen molar-refractivity contribution in [3.8, 4) is 0 Å². The summed E-state index contributed by atoms with van der Waals surface area (Å²) in [5.41, 5.74) is 1.75. The van der Waals surface area contributed by atoms with Gasteiger partial charge in [-0.1, -0.05) is 30.8 Å². The van der Waals surface area contributed by atoms with Crippen molar-refractivity contribution >= 4 is 11.5 Å². The van der Waals surface area contributed by atoms with Crippen LogP contribution in [0, 0.1) is 0 Å². The van der Waals surface area contributed by atoms with Gasteiger partial charge in [0.1, 0.15) is 0 Å². The average Bonchev–Trinajstić information content (AvgIpc) is 2.45. The van der Waals surface area contributed by atoms with Gasteiger partial charge < -0.3 is 14.2 Å². The van der Waals surface area contributed by atoms with Gasteiger partial charge in [0.05, 0.1) is 12.7 Å². The molecule has 1 rings (SSSR count). The summed E-state index contributed by atoms with van der Waals surface area (Å²) >= 11 is 0. The summed E-state index contributed by atoms with van der Waals surface area (Å²) in [6.07, 6.45) is -0.507. The predicted molar refractivity (Wildman–Crippen MR) is 73.5 cm³/mol. The highest BCUT2D eigenvalue weighted by molar-refractivity contribution is 6.16. The largest absolute Gasteiger partial charge is 0.465 e. The minimum Gasteiger partial charge on any atom is -0.465 e. The van der Waals surface area contributed by atoms with Crippen LogP contribution < -0.4 is 0 Å². The van der Waals surface area contributed by atoms with Gasteiger partial charge in [-0.2, -0.15) is 0 Å². The number of rotatable bonds is 7. The van der Waals surface area contributed by atoms with E-state index in [2.05, 4.69) is 6.58 Å². The van der Waals surface area contributed by atoms with Crippen molar-refractivity contribution in [3.05, 3.63) is 42.0 Å². The Morgan fingerprint density at radius 1 is 1.21 bits per heavy atom. The molecule has 104 valence electrons. The third kappa shape index (κ3) is 3.91. The van der Waals surface area contributed by atoms with E-state index in [0.29, 0.717) is 24.4 Å². The van der Waals surface area contributed by atoms with Crippen LogP contribution in [-0.2, 0) is 19.0 Å². The summed E-state index contributed by atoms with van der Waals surface area (Å²) in [7, 11) is 1.33. The van der Waals surface area contributed by atoms with Crippen LogP contribution in [0.3, 0.4) is 0 Å². The second-order valence-corrected chi connectivity index (χ2v) is 3.80. The molecule has 0 radical (unpaired) electrons. The predicted octanol–water partition coefficient (Wildman–Crippen LogP) is 2.94. The van der Waals surface area contributed by atoms with Gasteiger partial charge >= 0.3 is 5.97 Å². The third-order valence-electron chi connectivity index (χ3n) is 2.61. The fraction of sp³-hybridized carbons (Fsp3) is 0.400. The van der Waals surface area contributed by atoms with Crippen LogP contribution in [0.4, 0.5) is 0 Å². The lowest BCUT2D eigenvalue weighted by Crippen LogP contribution is -2.13. The molecule has 0 aliphatic rings. The Morgan fingerprint density at radius 3 is 2.32 bits per heavy atom. The molecule has 0 atom stereocenters. The maximum Gasteiger partial charge on any atom is 0.337 e. The zero-order valence-electron chi connectivity index (χ0n) is 11.6. The van der Waals surface area contributed by atoms with Crippen molar-refractivity contribution < 1.29 is 19.0 Å². The van der Waals surface area contributed by atoms with Crippen LogP contribution in [0.1, 0.15) is 31.3 Å². The van der Waals surface area contributed by atoms with E-state index in [-0.39, 0.29) is 0 Å². The van der Waals surface area contributed by atoms with Crippen LogP contribution in [0.25, 0.3) is 5.57 Å². The van der Waals surface area contributed by atoms with Gasteiger partial charge in [0.2, 0.25) is 0 Å².